The Morgan fingerprint density at radius 2 is 2.12 bits per heavy atom. The van der Waals surface area contributed by atoms with Gasteiger partial charge in [0.1, 0.15) is 0 Å². The number of nitrogens with zero attached hydrogens (tertiary/aromatic N) is 1. The lowest BCUT2D eigenvalue weighted by atomic mass is 10.2. The summed E-state index contributed by atoms with van der Waals surface area (Å²) in [5.41, 5.74) is 5.94. The van der Waals surface area contributed by atoms with Crippen LogP contribution in [0.1, 0.15) is 36.3 Å². The molecule has 1 aromatic heterocycles. The summed E-state index contributed by atoms with van der Waals surface area (Å²) in [6, 6.07) is 0. The number of carbonyl (C=O) groups is 1. The highest BCUT2D eigenvalue weighted by Gasteiger charge is 2.37. The van der Waals surface area contributed by atoms with Gasteiger partial charge in [0.15, 0.2) is 13.3 Å². The Labute approximate surface area is 107 Å². The smallest absolute Gasteiger partial charge is 0.277 e. The Balaban J connectivity index is 2.64. The van der Waals surface area contributed by atoms with Crippen LogP contribution >= 0.6 is 11.3 Å². The molecule has 6 heteroatoms. The van der Waals surface area contributed by atoms with E-state index >= 15 is 0 Å². The second-order valence-corrected chi connectivity index (χ2v) is 11.2. The van der Waals surface area contributed by atoms with Crippen LogP contribution in [0.5, 0.6) is 0 Å². The van der Waals surface area contributed by atoms with E-state index in [1.807, 2.05) is 5.38 Å². The van der Waals surface area contributed by atoms with Gasteiger partial charge in [-0.05, 0) is 18.1 Å². The summed E-state index contributed by atoms with van der Waals surface area (Å²) < 4.78 is 6.00. The summed E-state index contributed by atoms with van der Waals surface area (Å²) in [6.45, 7) is 11.4. The second kappa shape index (κ2) is 4.87. The number of aromatic nitrogens is 1. The SMILES string of the molecule is CC(C)(C)[Si](C)(C)OCc1csc(C(N)=O)n1. The Morgan fingerprint density at radius 1 is 1.53 bits per heavy atom. The van der Waals surface area contributed by atoms with Crippen LogP contribution in [0.4, 0.5) is 0 Å². The number of hydrogen-bond acceptors (Lipinski definition) is 4. The highest BCUT2D eigenvalue weighted by molar-refractivity contribution is 7.11. The lowest BCUT2D eigenvalue weighted by Crippen LogP contribution is -2.40. The van der Waals surface area contributed by atoms with Crippen molar-refractivity contribution in [3.8, 4) is 0 Å². The van der Waals surface area contributed by atoms with Crippen molar-refractivity contribution < 1.29 is 9.22 Å². The molecule has 1 heterocycles. The number of thiazole rings is 1. The van der Waals surface area contributed by atoms with Gasteiger partial charge in [-0.1, -0.05) is 20.8 Å². The van der Waals surface area contributed by atoms with Gasteiger partial charge in [0, 0.05) is 5.38 Å². The number of carbonyl (C=O) groups excluding carboxylic acids is 1. The standard InChI is InChI=1S/C11H20N2O2SSi/c1-11(2,3)17(4,5)15-6-8-7-16-10(13-8)9(12)14/h7H,6H2,1-5H3,(H2,12,14). The zero-order valence-electron chi connectivity index (χ0n) is 11.0. The van der Waals surface area contributed by atoms with Crippen LogP contribution in [0, 0.1) is 0 Å². The predicted molar refractivity (Wildman–Crippen MR) is 72.6 cm³/mol. The molecule has 96 valence electrons. The lowest BCUT2D eigenvalue weighted by Gasteiger charge is -2.35. The van der Waals surface area contributed by atoms with Crippen molar-refractivity contribution in [3.05, 3.63) is 16.1 Å². The van der Waals surface area contributed by atoms with Crippen molar-refractivity contribution in [2.75, 3.05) is 0 Å². The fourth-order valence-electron chi connectivity index (χ4n) is 0.957. The Bertz CT molecular complexity index is 410. The van der Waals surface area contributed by atoms with Crippen LogP contribution in [-0.2, 0) is 11.0 Å². The first-order valence-electron chi connectivity index (χ1n) is 5.51. The third-order valence-electron chi connectivity index (χ3n) is 3.15. The summed E-state index contributed by atoms with van der Waals surface area (Å²) >= 11 is 1.27. The van der Waals surface area contributed by atoms with Crippen LogP contribution in [-0.4, -0.2) is 19.2 Å². The normalized spacial score (nSPS) is 12.8. The van der Waals surface area contributed by atoms with Crippen LogP contribution in [0.2, 0.25) is 18.1 Å². The minimum absolute atomic E-state index is 0.176. The van der Waals surface area contributed by atoms with E-state index in [0.717, 1.165) is 5.69 Å². The molecule has 0 unspecified atom stereocenters. The van der Waals surface area contributed by atoms with Gasteiger partial charge < -0.3 is 10.2 Å². The third-order valence-corrected chi connectivity index (χ3v) is 8.53. The zero-order valence-corrected chi connectivity index (χ0v) is 12.9. The quantitative estimate of drug-likeness (QED) is 0.857. The van der Waals surface area contributed by atoms with Gasteiger partial charge in [-0.3, -0.25) is 4.79 Å². The zero-order chi connectivity index (χ0) is 13.3. The minimum Gasteiger partial charge on any atom is -0.411 e. The molecule has 0 aliphatic heterocycles. The molecule has 0 bridgehead atoms. The van der Waals surface area contributed by atoms with Crippen molar-refractivity contribution in [1.82, 2.24) is 4.98 Å². The molecule has 0 atom stereocenters. The molecule has 2 N–H and O–H groups in total. The van der Waals surface area contributed by atoms with Crippen molar-refractivity contribution >= 4 is 25.6 Å². The van der Waals surface area contributed by atoms with E-state index in [9.17, 15) is 4.79 Å². The number of primary amides is 1. The third kappa shape index (κ3) is 3.62. The fraction of sp³-hybridized carbons (Fsp3) is 0.636. The maximum atomic E-state index is 10.9. The van der Waals surface area contributed by atoms with Crippen LogP contribution in [0.25, 0.3) is 0 Å². The van der Waals surface area contributed by atoms with Crippen LogP contribution in [0.15, 0.2) is 5.38 Å². The monoisotopic (exact) mass is 272 g/mol. The molecule has 0 aliphatic carbocycles. The van der Waals surface area contributed by atoms with E-state index in [0.29, 0.717) is 11.6 Å². The maximum absolute atomic E-state index is 10.9. The Hall–Kier alpha value is -0.723. The van der Waals surface area contributed by atoms with Crippen LogP contribution in [0.3, 0.4) is 0 Å². The van der Waals surface area contributed by atoms with Gasteiger partial charge in [-0.2, -0.15) is 0 Å². The van der Waals surface area contributed by atoms with Gasteiger partial charge >= 0.3 is 0 Å². The van der Waals surface area contributed by atoms with Gasteiger partial charge in [0.05, 0.1) is 12.3 Å². The molecule has 0 saturated heterocycles. The van der Waals surface area contributed by atoms with Crippen molar-refractivity contribution in [2.24, 2.45) is 5.73 Å². The first-order valence-corrected chi connectivity index (χ1v) is 9.30. The Morgan fingerprint density at radius 3 is 2.53 bits per heavy atom. The van der Waals surface area contributed by atoms with Gasteiger partial charge in [-0.25, -0.2) is 4.98 Å². The topological polar surface area (TPSA) is 65.2 Å². The van der Waals surface area contributed by atoms with E-state index in [1.54, 1.807) is 0 Å². The van der Waals surface area contributed by atoms with Gasteiger partial charge in [0.25, 0.3) is 5.91 Å². The maximum Gasteiger partial charge on any atom is 0.277 e. The summed E-state index contributed by atoms with van der Waals surface area (Å²) in [6.07, 6.45) is 0. The average Bonchev–Trinajstić information content (AvgIpc) is 2.61. The van der Waals surface area contributed by atoms with Crippen LogP contribution < -0.4 is 5.73 Å². The first kappa shape index (κ1) is 14.3. The highest BCUT2D eigenvalue weighted by Crippen LogP contribution is 2.37. The summed E-state index contributed by atoms with van der Waals surface area (Å²) in [4.78, 5) is 15.0. The van der Waals surface area contributed by atoms with E-state index < -0.39 is 14.2 Å². The number of rotatable bonds is 4. The largest absolute Gasteiger partial charge is 0.411 e. The predicted octanol–water partition coefficient (Wildman–Crippen LogP) is 2.76. The van der Waals surface area contributed by atoms with E-state index in [4.69, 9.17) is 10.2 Å². The molecule has 4 nitrogen and oxygen atoms in total. The van der Waals surface area contributed by atoms with E-state index in [-0.39, 0.29) is 5.04 Å². The highest BCUT2D eigenvalue weighted by atomic mass is 32.1. The second-order valence-electron chi connectivity index (χ2n) is 5.56. The average molecular weight is 272 g/mol. The minimum atomic E-state index is -1.76. The molecule has 17 heavy (non-hydrogen) atoms. The van der Waals surface area contributed by atoms with Crippen molar-refractivity contribution in [3.63, 3.8) is 0 Å². The molecule has 0 fully saturated rings. The fourth-order valence-corrected chi connectivity index (χ4v) is 2.55. The molecule has 1 aromatic rings. The van der Waals surface area contributed by atoms with E-state index in [1.165, 1.54) is 11.3 Å². The molecule has 0 aliphatic rings. The summed E-state index contributed by atoms with van der Waals surface area (Å²) in [5, 5.41) is 2.35. The molecular formula is C11H20N2O2SSi. The number of amides is 1. The lowest BCUT2D eigenvalue weighted by molar-refractivity contribution is 0.0999. The molecular weight excluding hydrogens is 252 g/mol. The van der Waals surface area contributed by atoms with Gasteiger partial charge in [0.2, 0.25) is 0 Å². The van der Waals surface area contributed by atoms with Crippen molar-refractivity contribution in [1.29, 1.82) is 0 Å². The molecule has 0 saturated carbocycles. The Kier molecular flexibility index (Phi) is 4.11. The number of hydrogen-bond donors (Lipinski definition) is 1. The molecule has 0 spiro atoms. The van der Waals surface area contributed by atoms with Gasteiger partial charge in [-0.15, -0.1) is 11.3 Å². The summed E-state index contributed by atoms with van der Waals surface area (Å²) in [7, 11) is -1.76. The summed E-state index contributed by atoms with van der Waals surface area (Å²) in [5.74, 6) is -0.478. The molecule has 1 amide bonds. The molecule has 1 rings (SSSR count). The molecule has 0 aromatic carbocycles. The first-order chi connectivity index (χ1) is 7.63. The van der Waals surface area contributed by atoms with E-state index in [2.05, 4.69) is 38.8 Å². The van der Waals surface area contributed by atoms with Crippen molar-refractivity contribution in [2.45, 2.75) is 45.5 Å². The molecule has 0 radical (unpaired) electrons. The number of nitrogens with two attached hydrogens (primary N) is 1.